The number of benzene rings is 2. The predicted octanol–water partition coefficient (Wildman–Crippen LogP) is 3.57. The normalized spacial score (nSPS) is 21.2. The second-order valence-corrected chi connectivity index (χ2v) is 8.59. The van der Waals surface area contributed by atoms with Crippen LogP contribution in [0.1, 0.15) is 18.3 Å². The van der Waals surface area contributed by atoms with Gasteiger partial charge < -0.3 is 20.7 Å². The molecular formula is C26H24N6O2. The van der Waals surface area contributed by atoms with E-state index in [-0.39, 0.29) is 24.0 Å². The first-order valence-corrected chi connectivity index (χ1v) is 11.3. The molecule has 0 aliphatic carbocycles. The number of carbonyl (C=O) groups is 1. The zero-order valence-electron chi connectivity index (χ0n) is 18.5. The molecule has 8 nitrogen and oxygen atoms in total. The number of aromatic nitrogens is 3. The van der Waals surface area contributed by atoms with E-state index in [9.17, 15) is 4.79 Å². The first-order chi connectivity index (χ1) is 16.6. The Kier molecular flexibility index (Phi) is 4.81. The molecule has 3 N–H and O–H groups in total. The highest BCUT2D eigenvalue weighted by Gasteiger charge is 2.50. The first kappa shape index (κ1) is 20.4. The Hall–Kier alpha value is -4.17. The molecule has 3 atom stereocenters. The van der Waals surface area contributed by atoms with Gasteiger partial charge in [-0.05, 0) is 48.9 Å². The average molecular weight is 453 g/mol. The predicted molar refractivity (Wildman–Crippen MR) is 129 cm³/mol. The van der Waals surface area contributed by atoms with E-state index in [1.165, 1.54) is 6.08 Å². The fraction of sp³-hybridized carbons (Fsp3) is 0.192. The van der Waals surface area contributed by atoms with Crippen molar-refractivity contribution < 1.29 is 9.53 Å². The number of nitrogen functional groups attached to an aromatic ring is 1. The first-order valence-electron chi connectivity index (χ1n) is 11.3. The van der Waals surface area contributed by atoms with E-state index < -0.39 is 0 Å². The molecule has 170 valence electrons. The Bertz CT molecular complexity index is 1380. The molecule has 34 heavy (non-hydrogen) atoms. The maximum atomic E-state index is 12.7. The molecule has 0 saturated carbocycles. The number of nitrogens with zero attached hydrogens (tertiary/aromatic N) is 4. The molecule has 2 aliphatic heterocycles. The number of ether oxygens (including phenoxy) is 1. The lowest BCUT2D eigenvalue weighted by Crippen LogP contribution is -2.48. The Labute approximate surface area is 196 Å². The van der Waals surface area contributed by atoms with Gasteiger partial charge in [-0.2, -0.15) is 0 Å². The molecule has 2 aliphatic rings. The summed E-state index contributed by atoms with van der Waals surface area (Å²) < 4.78 is 7.89. The van der Waals surface area contributed by atoms with Crippen molar-refractivity contribution >= 4 is 17.2 Å². The number of hydrogen-bond acceptors (Lipinski definition) is 6. The number of amides is 1. The Balaban J connectivity index is 1.42. The van der Waals surface area contributed by atoms with Crippen LogP contribution >= 0.6 is 0 Å². The van der Waals surface area contributed by atoms with E-state index in [1.54, 1.807) is 6.20 Å². The lowest BCUT2D eigenvalue weighted by molar-refractivity contribution is -0.130. The lowest BCUT2D eigenvalue weighted by atomic mass is 10.1. The van der Waals surface area contributed by atoms with Crippen LogP contribution in [0, 0.1) is 0 Å². The molecule has 2 unspecified atom stereocenters. The van der Waals surface area contributed by atoms with Gasteiger partial charge in [-0.3, -0.25) is 9.20 Å². The largest absolute Gasteiger partial charge is 0.457 e. The molecule has 8 heteroatoms. The topological polar surface area (TPSA) is 97.8 Å². The molecule has 2 aromatic carbocycles. The monoisotopic (exact) mass is 452 g/mol. The van der Waals surface area contributed by atoms with E-state index >= 15 is 0 Å². The quantitative estimate of drug-likeness (QED) is 0.449. The number of likely N-dealkylation sites (tertiary alicyclic amines) is 1. The molecule has 2 bridgehead atoms. The minimum Gasteiger partial charge on any atom is -0.457 e. The number of imidazole rings is 1. The van der Waals surface area contributed by atoms with Crippen molar-refractivity contribution in [1.82, 2.24) is 24.6 Å². The number of piperazine rings is 1. The third-order valence-corrected chi connectivity index (χ3v) is 6.63. The summed E-state index contributed by atoms with van der Waals surface area (Å²) in [5.41, 5.74) is 8.66. The SMILES string of the molecule is C=CC(=O)N1C2CN[C@@H](C2)C1c1nc(-c2ccc(Oc3ccccc3)cc2)c2c(N)nccn12. The number of nitrogens with two attached hydrogens (primary N) is 1. The molecule has 0 radical (unpaired) electrons. The van der Waals surface area contributed by atoms with Crippen LogP contribution in [-0.2, 0) is 4.79 Å². The van der Waals surface area contributed by atoms with Crippen molar-refractivity contribution in [2.75, 3.05) is 12.3 Å². The van der Waals surface area contributed by atoms with Crippen molar-refractivity contribution in [1.29, 1.82) is 0 Å². The van der Waals surface area contributed by atoms with E-state index in [4.69, 9.17) is 15.5 Å². The highest BCUT2D eigenvalue weighted by Crippen LogP contribution is 2.42. The van der Waals surface area contributed by atoms with Crippen LogP contribution in [0.4, 0.5) is 5.82 Å². The molecule has 1 amide bonds. The molecule has 0 spiro atoms. The van der Waals surface area contributed by atoms with Crippen LogP contribution in [0.15, 0.2) is 79.6 Å². The molecule has 2 saturated heterocycles. The zero-order chi connectivity index (χ0) is 23.2. The minimum absolute atomic E-state index is 0.0817. The summed E-state index contributed by atoms with van der Waals surface area (Å²) >= 11 is 0. The summed E-state index contributed by atoms with van der Waals surface area (Å²) in [6.07, 6.45) is 5.79. The van der Waals surface area contributed by atoms with E-state index in [2.05, 4.69) is 16.9 Å². The van der Waals surface area contributed by atoms with E-state index in [0.29, 0.717) is 5.82 Å². The van der Waals surface area contributed by atoms with Crippen LogP contribution in [0.25, 0.3) is 16.8 Å². The van der Waals surface area contributed by atoms with Gasteiger partial charge in [0.1, 0.15) is 40.4 Å². The smallest absolute Gasteiger partial charge is 0.246 e. The molecule has 4 heterocycles. The number of hydrogen-bond donors (Lipinski definition) is 2. The Morgan fingerprint density at radius 2 is 1.91 bits per heavy atom. The van der Waals surface area contributed by atoms with Crippen molar-refractivity contribution in [3.8, 4) is 22.8 Å². The van der Waals surface area contributed by atoms with Crippen LogP contribution in [-0.4, -0.2) is 43.8 Å². The van der Waals surface area contributed by atoms with E-state index in [0.717, 1.165) is 47.1 Å². The van der Waals surface area contributed by atoms with Gasteiger partial charge in [0.2, 0.25) is 5.91 Å². The van der Waals surface area contributed by atoms with Gasteiger partial charge in [-0.15, -0.1) is 0 Å². The van der Waals surface area contributed by atoms with Crippen LogP contribution in [0.3, 0.4) is 0 Å². The number of para-hydroxylation sites is 1. The van der Waals surface area contributed by atoms with Gasteiger partial charge in [0, 0.05) is 36.6 Å². The van der Waals surface area contributed by atoms with Gasteiger partial charge in [-0.25, -0.2) is 9.97 Å². The fourth-order valence-corrected chi connectivity index (χ4v) is 5.15. The van der Waals surface area contributed by atoms with Crippen molar-refractivity contribution in [3.05, 3.63) is 85.5 Å². The second kappa shape index (κ2) is 8.00. The number of carbonyl (C=O) groups excluding carboxylic acids is 1. The maximum absolute atomic E-state index is 12.7. The average Bonchev–Trinajstić information content (AvgIpc) is 3.58. The summed E-state index contributed by atoms with van der Waals surface area (Å²) in [6, 6.07) is 17.4. The van der Waals surface area contributed by atoms with Gasteiger partial charge in [0.15, 0.2) is 0 Å². The van der Waals surface area contributed by atoms with Crippen LogP contribution in [0.2, 0.25) is 0 Å². The standard InChI is InChI=1S/C26H24N6O2/c1-2-21(33)32-17-14-20(29-15-17)23(32)26-30-22(24-25(27)28-12-13-31(24)26)16-8-10-19(11-9-16)34-18-6-4-3-5-7-18/h2-13,17,20,23,29H,1,14-15H2,(H2,27,28)/t17?,20-,23?/m0/s1. The van der Waals surface area contributed by atoms with Crippen molar-refractivity contribution in [2.45, 2.75) is 24.5 Å². The Morgan fingerprint density at radius 3 is 2.68 bits per heavy atom. The van der Waals surface area contributed by atoms with Crippen LogP contribution < -0.4 is 15.8 Å². The van der Waals surface area contributed by atoms with E-state index in [1.807, 2.05) is 70.1 Å². The number of rotatable bonds is 5. The van der Waals surface area contributed by atoms with Gasteiger partial charge in [0.25, 0.3) is 0 Å². The third kappa shape index (κ3) is 3.22. The molecule has 2 aromatic heterocycles. The zero-order valence-corrected chi connectivity index (χ0v) is 18.5. The Morgan fingerprint density at radius 1 is 1.15 bits per heavy atom. The second-order valence-electron chi connectivity index (χ2n) is 8.59. The number of nitrogens with one attached hydrogen (secondary N) is 1. The minimum atomic E-state index is -0.215. The molecule has 4 aromatic rings. The number of anilines is 1. The highest BCUT2D eigenvalue weighted by atomic mass is 16.5. The lowest BCUT2D eigenvalue weighted by Gasteiger charge is -2.34. The molecule has 2 fully saturated rings. The number of fused-ring (bicyclic) bond motifs is 3. The van der Waals surface area contributed by atoms with Crippen LogP contribution in [0.5, 0.6) is 11.5 Å². The van der Waals surface area contributed by atoms with Crippen molar-refractivity contribution in [3.63, 3.8) is 0 Å². The summed E-state index contributed by atoms with van der Waals surface area (Å²) in [7, 11) is 0. The summed E-state index contributed by atoms with van der Waals surface area (Å²) in [6.45, 7) is 4.48. The molecular weight excluding hydrogens is 428 g/mol. The fourth-order valence-electron chi connectivity index (χ4n) is 5.15. The third-order valence-electron chi connectivity index (χ3n) is 6.63. The highest BCUT2D eigenvalue weighted by molar-refractivity contribution is 5.89. The summed E-state index contributed by atoms with van der Waals surface area (Å²) in [5.74, 6) is 2.57. The van der Waals surface area contributed by atoms with Gasteiger partial charge in [0.05, 0.1) is 0 Å². The van der Waals surface area contributed by atoms with Gasteiger partial charge >= 0.3 is 0 Å². The van der Waals surface area contributed by atoms with Gasteiger partial charge in [-0.1, -0.05) is 24.8 Å². The van der Waals surface area contributed by atoms with Crippen molar-refractivity contribution in [2.24, 2.45) is 0 Å². The summed E-state index contributed by atoms with van der Waals surface area (Å²) in [4.78, 5) is 24.0. The maximum Gasteiger partial charge on any atom is 0.246 e. The molecule has 6 rings (SSSR count). The summed E-state index contributed by atoms with van der Waals surface area (Å²) in [5, 5.41) is 3.53.